The van der Waals surface area contributed by atoms with Gasteiger partial charge in [0.1, 0.15) is 0 Å². The molecule has 0 saturated carbocycles. The fraction of sp³-hybridized carbons (Fsp3) is 1.00. The van der Waals surface area contributed by atoms with Crippen molar-refractivity contribution in [2.45, 2.75) is 97.3 Å². The van der Waals surface area contributed by atoms with Crippen LogP contribution in [0, 0.1) is 0 Å². The van der Waals surface area contributed by atoms with E-state index in [1.54, 1.807) is 0 Å². The zero-order valence-electron chi connectivity index (χ0n) is 12.2. The monoisotopic (exact) mass is 251 g/mol. The van der Waals surface area contributed by atoms with E-state index in [-0.39, 0.29) is 51.4 Å². The molecule has 0 unspecified atom stereocenters. The first-order valence-corrected chi connectivity index (χ1v) is 7.41. The van der Waals surface area contributed by atoms with E-state index in [1.165, 1.54) is 83.5 Å². The Morgan fingerprint density at radius 2 is 0.562 bits per heavy atom. The fourth-order valence-electron chi connectivity index (χ4n) is 2.09. The average molecular weight is 252 g/mol. The van der Waals surface area contributed by atoms with Gasteiger partial charge in [-0.25, -0.2) is 0 Å². The van der Waals surface area contributed by atoms with Crippen molar-refractivity contribution in [2.75, 3.05) is 0 Å². The molecule has 0 aromatic heterocycles. The maximum absolute atomic E-state index is 2.29. The molecule has 0 atom stereocenters. The molecule has 0 aromatic rings. The molecule has 0 aliphatic rings. The van der Waals surface area contributed by atoms with Crippen LogP contribution < -0.4 is 0 Å². The van der Waals surface area contributed by atoms with E-state index in [4.69, 9.17) is 0 Å². The Labute approximate surface area is 147 Å². The van der Waals surface area contributed by atoms with Crippen LogP contribution in [-0.2, 0) is 0 Å². The number of hydrogen-bond acceptors (Lipinski definition) is 0. The van der Waals surface area contributed by atoms with E-state index in [0.29, 0.717) is 0 Å². The molecule has 0 spiro atoms. The van der Waals surface area contributed by atoms with Crippen LogP contribution in [0.1, 0.15) is 97.3 Å². The van der Waals surface area contributed by atoms with Crippen molar-refractivity contribution in [2.24, 2.45) is 0 Å². The third kappa shape index (κ3) is 18.0. The third-order valence-corrected chi connectivity index (χ3v) is 3.21. The smallest absolute Gasteiger partial charge is 0 e. The van der Waals surface area contributed by atoms with Gasteiger partial charge in [-0.1, -0.05) is 97.3 Å². The molecule has 1 radical (unpaired) electrons. The zero-order chi connectivity index (χ0) is 11.2. The first-order valence-electron chi connectivity index (χ1n) is 7.41. The molecule has 0 N–H and O–H groups in total. The third-order valence-electron chi connectivity index (χ3n) is 3.21. The summed E-state index contributed by atoms with van der Waals surface area (Å²) in [5, 5.41) is 0. The maximum Gasteiger partial charge on any atom is 0 e. The number of hydrogen-bond donors (Lipinski definition) is 0. The van der Waals surface area contributed by atoms with Gasteiger partial charge in [0.2, 0.25) is 0 Å². The van der Waals surface area contributed by atoms with Crippen LogP contribution in [0.2, 0.25) is 0 Å². The fourth-order valence-corrected chi connectivity index (χ4v) is 2.09. The molecular weight excluding hydrogens is 219 g/mol. The second kappa shape index (κ2) is 19.0. The summed E-state index contributed by atoms with van der Waals surface area (Å²) < 4.78 is 0. The Morgan fingerprint density at radius 1 is 0.375 bits per heavy atom. The van der Waals surface area contributed by atoms with E-state index in [1.807, 2.05) is 0 Å². The Hall–Kier alpha value is 1.64. The quantitative estimate of drug-likeness (QED) is 0.307. The summed E-state index contributed by atoms with van der Waals surface area (Å²) >= 11 is 0. The molecule has 0 fully saturated rings. The van der Waals surface area contributed by atoms with E-state index < -0.39 is 0 Å². The van der Waals surface area contributed by atoms with Crippen molar-refractivity contribution in [1.82, 2.24) is 0 Å². The molecule has 0 aliphatic heterocycles. The summed E-state index contributed by atoms with van der Waals surface area (Å²) in [6.07, 6.45) is 18.9. The van der Waals surface area contributed by atoms with Gasteiger partial charge in [-0.05, 0) is 0 Å². The minimum absolute atomic E-state index is 0. The predicted molar refractivity (Wildman–Crippen MR) is 77.1 cm³/mol. The number of unbranched alkanes of at least 4 members (excludes halogenated alkanes) is 12. The van der Waals surface area contributed by atoms with Crippen molar-refractivity contribution in [3.8, 4) is 0 Å². The van der Waals surface area contributed by atoms with Crippen LogP contribution in [0.15, 0.2) is 0 Å². The molecule has 0 aliphatic carbocycles. The van der Waals surface area contributed by atoms with Crippen molar-refractivity contribution in [3.63, 3.8) is 0 Å². The molecular formula is C15H32K. The van der Waals surface area contributed by atoms with E-state index >= 15 is 0 Å². The van der Waals surface area contributed by atoms with Crippen molar-refractivity contribution < 1.29 is 0 Å². The average Bonchev–Trinajstić information content (AvgIpc) is 2.26. The van der Waals surface area contributed by atoms with Crippen LogP contribution in [0.25, 0.3) is 0 Å². The summed E-state index contributed by atoms with van der Waals surface area (Å²) in [7, 11) is 0. The summed E-state index contributed by atoms with van der Waals surface area (Å²) in [5.41, 5.74) is 0. The minimum atomic E-state index is 0. The van der Waals surface area contributed by atoms with Gasteiger partial charge in [-0.2, -0.15) is 0 Å². The molecule has 0 nitrogen and oxygen atoms in total. The topological polar surface area (TPSA) is 0 Å². The molecule has 93 valence electrons. The summed E-state index contributed by atoms with van der Waals surface area (Å²) in [6.45, 7) is 4.58. The van der Waals surface area contributed by atoms with Crippen LogP contribution in [0.4, 0.5) is 0 Å². The second-order valence-corrected chi connectivity index (χ2v) is 4.89. The molecule has 0 rings (SSSR count). The van der Waals surface area contributed by atoms with Gasteiger partial charge in [0.05, 0.1) is 0 Å². The van der Waals surface area contributed by atoms with E-state index in [9.17, 15) is 0 Å². The van der Waals surface area contributed by atoms with Crippen LogP contribution in [0.3, 0.4) is 0 Å². The van der Waals surface area contributed by atoms with Crippen LogP contribution in [-0.4, -0.2) is 51.4 Å². The Bertz CT molecular complexity index is 89.6. The van der Waals surface area contributed by atoms with E-state index in [0.717, 1.165) is 0 Å². The largest absolute Gasteiger partial charge is 0.0654 e. The Balaban J connectivity index is 0. The van der Waals surface area contributed by atoms with Crippen LogP contribution >= 0.6 is 0 Å². The molecule has 0 saturated heterocycles. The normalized spacial score (nSPS) is 10.1. The molecule has 0 amide bonds. The van der Waals surface area contributed by atoms with Gasteiger partial charge in [0.15, 0.2) is 0 Å². The van der Waals surface area contributed by atoms with Crippen molar-refractivity contribution in [1.29, 1.82) is 0 Å². The van der Waals surface area contributed by atoms with Crippen LogP contribution in [0.5, 0.6) is 0 Å². The summed E-state index contributed by atoms with van der Waals surface area (Å²) in [5.74, 6) is 0. The van der Waals surface area contributed by atoms with Gasteiger partial charge in [0.25, 0.3) is 0 Å². The Morgan fingerprint density at radius 3 is 0.750 bits per heavy atom. The predicted octanol–water partition coefficient (Wildman–Crippen LogP) is 5.72. The first kappa shape index (κ1) is 20.0. The van der Waals surface area contributed by atoms with Crippen molar-refractivity contribution in [3.05, 3.63) is 0 Å². The molecule has 0 heterocycles. The SMILES string of the molecule is CCCCCCCCCCCCCCC.[K]. The van der Waals surface area contributed by atoms with Gasteiger partial charge < -0.3 is 0 Å². The molecule has 1 heteroatoms. The number of rotatable bonds is 12. The molecule has 16 heavy (non-hydrogen) atoms. The maximum atomic E-state index is 2.29. The van der Waals surface area contributed by atoms with Crippen molar-refractivity contribution >= 4 is 51.4 Å². The standard InChI is InChI=1S/C15H32.K/c1-3-5-7-9-11-13-15-14-12-10-8-6-4-2;/h3-15H2,1-2H3;. The zero-order valence-corrected chi connectivity index (χ0v) is 15.3. The van der Waals surface area contributed by atoms with Gasteiger partial charge >= 0.3 is 0 Å². The molecule has 0 bridgehead atoms. The summed E-state index contributed by atoms with van der Waals surface area (Å²) in [6, 6.07) is 0. The summed E-state index contributed by atoms with van der Waals surface area (Å²) in [4.78, 5) is 0. The minimum Gasteiger partial charge on any atom is -0.0654 e. The van der Waals surface area contributed by atoms with Gasteiger partial charge in [-0.3, -0.25) is 0 Å². The van der Waals surface area contributed by atoms with E-state index in [2.05, 4.69) is 13.8 Å². The second-order valence-electron chi connectivity index (χ2n) is 4.89. The van der Waals surface area contributed by atoms with Gasteiger partial charge in [0, 0.05) is 51.4 Å². The Kier molecular flexibility index (Phi) is 23.7. The first-order chi connectivity index (χ1) is 7.41. The van der Waals surface area contributed by atoms with Gasteiger partial charge in [-0.15, -0.1) is 0 Å². The molecule has 0 aromatic carbocycles.